The van der Waals surface area contributed by atoms with E-state index in [0.717, 1.165) is 17.4 Å². The molecule has 7 heteroatoms. The number of hydrogen-bond acceptors (Lipinski definition) is 3. The van der Waals surface area contributed by atoms with Crippen LogP contribution in [0.4, 0.5) is 4.39 Å². The van der Waals surface area contributed by atoms with Crippen LogP contribution in [0, 0.1) is 5.82 Å². The fourth-order valence-electron chi connectivity index (χ4n) is 3.53. The molecule has 0 saturated carbocycles. The normalized spacial score (nSPS) is 23.8. The molecule has 2 amide bonds. The molecule has 2 heterocycles. The summed E-state index contributed by atoms with van der Waals surface area (Å²) in [6.07, 6.45) is 2.83. The molecule has 1 fully saturated rings. The van der Waals surface area contributed by atoms with Crippen LogP contribution in [-0.2, 0) is 20.7 Å². The van der Waals surface area contributed by atoms with E-state index in [1.807, 2.05) is 13.8 Å². The number of benzene rings is 1. The number of aromatic nitrogens is 1. The molecule has 2 aromatic rings. The Morgan fingerprint density at radius 1 is 1.38 bits per heavy atom. The Morgan fingerprint density at radius 2 is 2.15 bits per heavy atom. The van der Waals surface area contributed by atoms with Crippen molar-refractivity contribution in [3.8, 4) is 0 Å². The maximum Gasteiger partial charge on any atom is 0.243 e. The van der Waals surface area contributed by atoms with Crippen LogP contribution in [-0.4, -0.2) is 41.1 Å². The highest BCUT2D eigenvalue weighted by molar-refractivity contribution is 5.89. The first-order valence-electron chi connectivity index (χ1n) is 8.82. The van der Waals surface area contributed by atoms with Crippen LogP contribution >= 0.6 is 0 Å². The van der Waals surface area contributed by atoms with Crippen molar-refractivity contribution in [3.05, 3.63) is 35.8 Å². The van der Waals surface area contributed by atoms with Crippen molar-refractivity contribution >= 4 is 22.7 Å². The zero-order valence-electron chi connectivity index (χ0n) is 15.1. The average molecular weight is 361 g/mol. The average Bonchev–Trinajstić information content (AvgIpc) is 3.09. The monoisotopic (exact) mass is 361 g/mol. The van der Waals surface area contributed by atoms with Crippen molar-refractivity contribution < 1.29 is 18.7 Å². The summed E-state index contributed by atoms with van der Waals surface area (Å²) < 4.78 is 19.0. The predicted molar refractivity (Wildman–Crippen MR) is 96.1 cm³/mol. The molecule has 3 N–H and O–H groups in total. The zero-order chi connectivity index (χ0) is 18.8. The molecule has 1 aromatic heterocycles. The summed E-state index contributed by atoms with van der Waals surface area (Å²) in [7, 11) is 0. The molecule has 0 spiro atoms. The van der Waals surface area contributed by atoms with Crippen LogP contribution in [0.5, 0.6) is 0 Å². The van der Waals surface area contributed by atoms with Gasteiger partial charge in [-0.15, -0.1) is 0 Å². The van der Waals surface area contributed by atoms with Crippen molar-refractivity contribution in [1.82, 2.24) is 15.6 Å². The van der Waals surface area contributed by atoms with Gasteiger partial charge in [-0.1, -0.05) is 0 Å². The molecule has 6 nitrogen and oxygen atoms in total. The van der Waals surface area contributed by atoms with E-state index in [1.54, 1.807) is 12.3 Å². The summed E-state index contributed by atoms with van der Waals surface area (Å²) in [6.45, 7) is 5.28. The fraction of sp³-hybridized carbons (Fsp3) is 0.474. The van der Waals surface area contributed by atoms with E-state index < -0.39 is 6.04 Å². The smallest absolute Gasteiger partial charge is 0.243 e. The summed E-state index contributed by atoms with van der Waals surface area (Å²) in [6, 6.07) is 3.68. The Kier molecular flexibility index (Phi) is 5.27. The molecule has 4 unspecified atom stereocenters. The highest BCUT2D eigenvalue weighted by Crippen LogP contribution is 2.22. The van der Waals surface area contributed by atoms with Gasteiger partial charge in [0.15, 0.2) is 0 Å². The van der Waals surface area contributed by atoms with Gasteiger partial charge in [0.2, 0.25) is 11.8 Å². The Morgan fingerprint density at radius 3 is 2.81 bits per heavy atom. The molecule has 0 bridgehead atoms. The van der Waals surface area contributed by atoms with E-state index in [1.165, 1.54) is 19.1 Å². The molecule has 0 aliphatic carbocycles. The Bertz CT molecular complexity index is 819. The van der Waals surface area contributed by atoms with E-state index in [0.29, 0.717) is 11.9 Å². The van der Waals surface area contributed by atoms with Gasteiger partial charge in [0.05, 0.1) is 18.2 Å². The molecule has 1 saturated heterocycles. The van der Waals surface area contributed by atoms with Crippen molar-refractivity contribution in [2.24, 2.45) is 0 Å². The van der Waals surface area contributed by atoms with Crippen LogP contribution < -0.4 is 10.6 Å². The molecule has 1 aliphatic heterocycles. The predicted octanol–water partition coefficient (Wildman–Crippen LogP) is 2.04. The molecule has 3 rings (SSSR count). The maximum absolute atomic E-state index is 13.4. The lowest BCUT2D eigenvalue weighted by Gasteiger charge is -2.22. The topological polar surface area (TPSA) is 83.2 Å². The SMILES string of the molecule is CC(=O)NC(Cc1c[nH]c2cc(F)ccc12)C(=O)NC1CC(C)OC1C. The number of ether oxygens (including phenoxy) is 1. The van der Waals surface area contributed by atoms with Gasteiger partial charge in [0.1, 0.15) is 11.9 Å². The molecular weight excluding hydrogens is 337 g/mol. The lowest BCUT2D eigenvalue weighted by atomic mass is 10.0. The molecule has 4 atom stereocenters. The van der Waals surface area contributed by atoms with E-state index >= 15 is 0 Å². The molecule has 1 aliphatic rings. The van der Waals surface area contributed by atoms with E-state index in [9.17, 15) is 14.0 Å². The second kappa shape index (κ2) is 7.45. The third kappa shape index (κ3) is 4.04. The number of halogens is 1. The summed E-state index contributed by atoms with van der Waals surface area (Å²) in [4.78, 5) is 27.3. The van der Waals surface area contributed by atoms with Crippen molar-refractivity contribution in [2.75, 3.05) is 0 Å². The number of rotatable bonds is 5. The number of nitrogens with one attached hydrogen (secondary N) is 3. The van der Waals surface area contributed by atoms with Crippen LogP contribution in [0.15, 0.2) is 24.4 Å². The number of hydrogen-bond donors (Lipinski definition) is 3. The lowest BCUT2D eigenvalue weighted by molar-refractivity contribution is -0.128. The first-order valence-corrected chi connectivity index (χ1v) is 8.82. The van der Waals surface area contributed by atoms with Crippen molar-refractivity contribution in [1.29, 1.82) is 0 Å². The van der Waals surface area contributed by atoms with Crippen LogP contribution in [0.1, 0.15) is 32.8 Å². The van der Waals surface area contributed by atoms with Crippen molar-refractivity contribution in [2.45, 2.75) is 57.9 Å². The van der Waals surface area contributed by atoms with Gasteiger partial charge in [0.25, 0.3) is 0 Å². The molecule has 26 heavy (non-hydrogen) atoms. The van der Waals surface area contributed by atoms with Crippen LogP contribution in [0.2, 0.25) is 0 Å². The second-order valence-electron chi connectivity index (χ2n) is 6.96. The van der Waals surface area contributed by atoms with Crippen molar-refractivity contribution in [3.63, 3.8) is 0 Å². The van der Waals surface area contributed by atoms with Gasteiger partial charge in [-0.05, 0) is 44.0 Å². The van der Waals surface area contributed by atoms with Gasteiger partial charge in [-0.25, -0.2) is 4.39 Å². The van der Waals surface area contributed by atoms with Gasteiger partial charge in [0, 0.05) is 30.4 Å². The summed E-state index contributed by atoms with van der Waals surface area (Å²) in [5, 5.41) is 6.53. The van der Waals surface area contributed by atoms with Crippen LogP contribution in [0.3, 0.4) is 0 Å². The minimum absolute atomic E-state index is 0.0667. The van der Waals surface area contributed by atoms with Gasteiger partial charge in [-0.2, -0.15) is 0 Å². The largest absolute Gasteiger partial charge is 0.373 e. The van der Waals surface area contributed by atoms with E-state index in [4.69, 9.17) is 4.74 Å². The Hall–Kier alpha value is -2.41. The van der Waals surface area contributed by atoms with E-state index in [2.05, 4.69) is 15.6 Å². The third-order valence-corrected chi connectivity index (χ3v) is 4.77. The molecule has 1 aromatic carbocycles. The first kappa shape index (κ1) is 18.4. The number of aromatic amines is 1. The highest BCUT2D eigenvalue weighted by atomic mass is 19.1. The maximum atomic E-state index is 13.4. The van der Waals surface area contributed by atoms with Gasteiger partial charge >= 0.3 is 0 Å². The van der Waals surface area contributed by atoms with Gasteiger partial charge in [-0.3, -0.25) is 9.59 Å². The summed E-state index contributed by atoms with van der Waals surface area (Å²) in [5.74, 6) is -0.849. The second-order valence-corrected chi connectivity index (χ2v) is 6.96. The Labute approximate surface area is 151 Å². The standard InChI is InChI=1S/C19H24FN3O3/c1-10-6-16(11(2)26-10)23-19(25)18(22-12(3)24)7-13-9-21-17-8-14(20)4-5-15(13)17/h4-5,8-11,16,18,21H,6-7H2,1-3H3,(H,22,24)(H,23,25). The zero-order valence-corrected chi connectivity index (χ0v) is 15.1. The third-order valence-electron chi connectivity index (χ3n) is 4.77. The Balaban J connectivity index is 1.76. The number of carbonyl (C=O) groups excluding carboxylic acids is 2. The van der Waals surface area contributed by atoms with Gasteiger partial charge < -0.3 is 20.4 Å². The summed E-state index contributed by atoms with van der Waals surface area (Å²) >= 11 is 0. The molecule has 140 valence electrons. The minimum atomic E-state index is -0.709. The number of carbonyl (C=O) groups is 2. The highest BCUT2D eigenvalue weighted by Gasteiger charge is 2.32. The minimum Gasteiger partial charge on any atom is -0.373 e. The number of fused-ring (bicyclic) bond motifs is 1. The molecule has 0 radical (unpaired) electrons. The fourth-order valence-corrected chi connectivity index (χ4v) is 3.53. The number of amides is 2. The number of H-pyrrole nitrogens is 1. The van der Waals surface area contributed by atoms with E-state index in [-0.39, 0.29) is 35.9 Å². The first-order chi connectivity index (χ1) is 12.3. The van der Waals surface area contributed by atoms with Crippen LogP contribution in [0.25, 0.3) is 10.9 Å². The molecular formula is C19H24FN3O3. The summed E-state index contributed by atoms with van der Waals surface area (Å²) in [5.41, 5.74) is 1.51. The quantitative estimate of drug-likeness (QED) is 0.762. The lowest BCUT2D eigenvalue weighted by Crippen LogP contribution is -2.51.